The Kier molecular flexibility index (Phi) is 6.71. The Bertz CT molecular complexity index is 506. The number of nitrogens with one attached hydrogen (secondary N) is 3. The zero-order valence-corrected chi connectivity index (χ0v) is 14.3. The molecule has 5 nitrogen and oxygen atoms in total. The SMILES string of the molecule is CN=C(NCC(=O)NC1CCCCC1)NCc1ccc(C)s1. The maximum atomic E-state index is 12.0. The van der Waals surface area contributed by atoms with Crippen LogP contribution in [0, 0.1) is 6.92 Å². The Morgan fingerprint density at radius 2 is 2.05 bits per heavy atom. The van der Waals surface area contributed by atoms with Crippen molar-refractivity contribution < 1.29 is 4.79 Å². The van der Waals surface area contributed by atoms with E-state index in [0.717, 1.165) is 19.4 Å². The number of amides is 1. The molecule has 1 aliphatic rings. The van der Waals surface area contributed by atoms with Crippen molar-refractivity contribution in [2.24, 2.45) is 4.99 Å². The van der Waals surface area contributed by atoms with Gasteiger partial charge in [-0.25, -0.2) is 0 Å². The molecule has 0 radical (unpaired) electrons. The molecule has 0 atom stereocenters. The number of carbonyl (C=O) groups is 1. The fourth-order valence-electron chi connectivity index (χ4n) is 2.66. The molecule has 1 aliphatic carbocycles. The summed E-state index contributed by atoms with van der Waals surface area (Å²) in [5, 5.41) is 9.39. The summed E-state index contributed by atoms with van der Waals surface area (Å²) in [6.07, 6.45) is 5.96. The molecule has 3 N–H and O–H groups in total. The summed E-state index contributed by atoms with van der Waals surface area (Å²) in [6.45, 7) is 3.08. The van der Waals surface area contributed by atoms with Gasteiger partial charge in [0.15, 0.2) is 5.96 Å². The molecular weight excluding hydrogens is 296 g/mol. The highest BCUT2D eigenvalue weighted by atomic mass is 32.1. The number of aryl methyl sites for hydroxylation is 1. The number of aliphatic imine (C=N–C) groups is 1. The van der Waals surface area contributed by atoms with Gasteiger partial charge in [-0.3, -0.25) is 9.79 Å². The van der Waals surface area contributed by atoms with E-state index in [0.29, 0.717) is 12.0 Å². The van der Waals surface area contributed by atoms with E-state index in [1.165, 1.54) is 29.0 Å². The minimum atomic E-state index is 0.0434. The monoisotopic (exact) mass is 322 g/mol. The van der Waals surface area contributed by atoms with E-state index in [1.807, 2.05) is 0 Å². The van der Waals surface area contributed by atoms with Crippen LogP contribution in [0.25, 0.3) is 0 Å². The zero-order valence-electron chi connectivity index (χ0n) is 13.4. The first kappa shape index (κ1) is 16.8. The molecule has 0 bridgehead atoms. The summed E-state index contributed by atoms with van der Waals surface area (Å²) in [5.74, 6) is 0.701. The first-order valence-electron chi connectivity index (χ1n) is 7.96. The molecule has 22 heavy (non-hydrogen) atoms. The lowest BCUT2D eigenvalue weighted by molar-refractivity contribution is -0.120. The van der Waals surface area contributed by atoms with E-state index in [1.54, 1.807) is 18.4 Å². The van der Waals surface area contributed by atoms with Crippen LogP contribution in [0.3, 0.4) is 0 Å². The summed E-state index contributed by atoms with van der Waals surface area (Å²) in [7, 11) is 1.72. The molecule has 1 saturated carbocycles. The third-order valence-electron chi connectivity index (χ3n) is 3.84. The van der Waals surface area contributed by atoms with E-state index in [-0.39, 0.29) is 12.5 Å². The summed E-state index contributed by atoms with van der Waals surface area (Å²) in [4.78, 5) is 18.7. The van der Waals surface area contributed by atoms with Gasteiger partial charge in [-0.2, -0.15) is 0 Å². The van der Waals surface area contributed by atoms with Gasteiger partial charge in [0.05, 0.1) is 13.1 Å². The van der Waals surface area contributed by atoms with E-state index in [9.17, 15) is 4.79 Å². The van der Waals surface area contributed by atoms with Crippen molar-refractivity contribution in [1.82, 2.24) is 16.0 Å². The molecule has 1 heterocycles. The van der Waals surface area contributed by atoms with Crippen molar-refractivity contribution in [2.75, 3.05) is 13.6 Å². The second-order valence-electron chi connectivity index (χ2n) is 5.69. The number of carbonyl (C=O) groups excluding carboxylic acids is 1. The van der Waals surface area contributed by atoms with Crippen molar-refractivity contribution in [3.05, 3.63) is 21.9 Å². The minimum absolute atomic E-state index is 0.0434. The minimum Gasteiger partial charge on any atom is -0.352 e. The summed E-state index contributed by atoms with van der Waals surface area (Å²) in [5.41, 5.74) is 0. The fourth-order valence-corrected chi connectivity index (χ4v) is 3.49. The molecule has 122 valence electrons. The topological polar surface area (TPSA) is 65.5 Å². The van der Waals surface area contributed by atoms with Crippen LogP contribution in [0.4, 0.5) is 0 Å². The van der Waals surface area contributed by atoms with Crippen LogP contribution in [0.15, 0.2) is 17.1 Å². The van der Waals surface area contributed by atoms with Crippen LogP contribution in [0.5, 0.6) is 0 Å². The maximum absolute atomic E-state index is 12.0. The predicted octanol–water partition coefficient (Wildman–Crippen LogP) is 2.17. The van der Waals surface area contributed by atoms with Gasteiger partial charge < -0.3 is 16.0 Å². The highest BCUT2D eigenvalue weighted by molar-refractivity contribution is 7.11. The molecule has 0 aliphatic heterocycles. The van der Waals surface area contributed by atoms with Crippen molar-refractivity contribution in [2.45, 2.75) is 51.6 Å². The van der Waals surface area contributed by atoms with E-state index < -0.39 is 0 Å². The second-order valence-corrected chi connectivity index (χ2v) is 7.07. The van der Waals surface area contributed by atoms with Crippen molar-refractivity contribution in [3.63, 3.8) is 0 Å². The Labute approximate surface area is 136 Å². The van der Waals surface area contributed by atoms with Gasteiger partial charge in [0.2, 0.25) is 5.91 Å². The Morgan fingerprint density at radius 3 is 2.68 bits per heavy atom. The second kappa shape index (κ2) is 8.78. The lowest BCUT2D eigenvalue weighted by Crippen LogP contribution is -2.45. The molecular formula is C16H26N4OS. The number of guanidine groups is 1. The highest BCUT2D eigenvalue weighted by Gasteiger charge is 2.15. The number of rotatable bonds is 5. The average molecular weight is 322 g/mol. The summed E-state index contributed by atoms with van der Waals surface area (Å²) >= 11 is 1.76. The third-order valence-corrected chi connectivity index (χ3v) is 4.84. The number of hydrogen-bond acceptors (Lipinski definition) is 3. The van der Waals surface area contributed by atoms with Gasteiger partial charge in [0.1, 0.15) is 0 Å². The first-order valence-corrected chi connectivity index (χ1v) is 8.78. The van der Waals surface area contributed by atoms with Crippen LogP contribution < -0.4 is 16.0 Å². The normalized spacial score (nSPS) is 16.4. The van der Waals surface area contributed by atoms with Gasteiger partial charge in [0, 0.05) is 22.8 Å². The molecule has 0 unspecified atom stereocenters. The van der Waals surface area contributed by atoms with Crippen molar-refractivity contribution >= 4 is 23.2 Å². The standard InChI is InChI=1S/C16H26N4OS/c1-12-8-9-14(22-12)10-18-16(17-2)19-11-15(21)20-13-6-4-3-5-7-13/h8-9,13H,3-7,10-11H2,1-2H3,(H,20,21)(H2,17,18,19). The van der Waals surface area contributed by atoms with E-state index in [4.69, 9.17) is 0 Å². The van der Waals surface area contributed by atoms with Crippen LogP contribution in [0.2, 0.25) is 0 Å². The average Bonchev–Trinajstić information content (AvgIpc) is 2.94. The summed E-state index contributed by atoms with van der Waals surface area (Å²) < 4.78 is 0. The molecule has 0 spiro atoms. The number of nitrogens with zero attached hydrogens (tertiary/aromatic N) is 1. The largest absolute Gasteiger partial charge is 0.352 e. The molecule has 1 amide bonds. The van der Waals surface area contributed by atoms with E-state index >= 15 is 0 Å². The van der Waals surface area contributed by atoms with Gasteiger partial charge in [0.25, 0.3) is 0 Å². The van der Waals surface area contributed by atoms with Crippen LogP contribution in [-0.4, -0.2) is 31.5 Å². The third kappa shape index (κ3) is 5.67. The van der Waals surface area contributed by atoms with Gasteiger partial charge in [-0.1, -0.05) is 19.3 Å². The predicted molar refractivity (Wildman–Crippen MR) is 92.3 cm³/mol. The molecule has 0 saturated heterocycles. The van der Waals surface area contributed by atoms with Gasteiger partial charge >= 0.3 is 0 Å². The quantitative estimate of drug-likeness (QED) is 0.575. The Balaban J connectivity index is 1.67. The van der Waals surface area contributed by atoms with Gasteiger partial charge in [-0.05, 0) is 31.9 Å². The fraction of sp³-hybridized carbons (Fsp3) is 0.625. The molecule has 2 rings (SSSR count). The van der Waals surface area contributed by atoms with Crippen molar-refractivity contribution in [3.8, 4) is 0 Å². The lowest BCUT2D eigenvalue weighted by atomic mass is 9.95. The Morgan fingerprint density at radius 1 is 1.27 bits per heavy atom. The summed E-state index contributed by atoms with van der Waals surface area (Å²) in [6, 6.07) is 4.57. The number of hydrogen-bond donors (Lipinski definition) is 3. The highest BCUT2D eigenvalue weighted by Crippen LogP contribution is 2.17. The van der Waals surface area contributed by atoms with Crippen LogP contribution in [-0.2, 0) is 11.3 Å². The lowest BCUT2D eigenvalue weighted by Gasteiger charge is -2.23. The molecule has 1 aromatic heterocycles. The van der Waals surface area contributed by atoms with Gasteiger partial charge in [-0.15, -0.1) is 11.3 Å². The van der Waals surface area contributed by atoms with Crippen LogP contribution >= 0.6 is 11.3 Å². The van der Waals surface area contributed by atoms with E-state index in [2.05, 4.69) is 40.0 Å². The first-order chi connectivity index (χ1) is 10.7. The molecule has 0 aromatic carbocycles. The van der Waals surface area contributed by atoms with Crippen LogP contribution in [0.1, 0.15) is 41.9 Å². The molecule has 6 heteroatoms. The van der Waals surface area contributed by atoms with Crippen molar-refractivity contribution in [1.29, 1.82) is 0 Å². The zero-order chi connectivity index (χ0) is 15.8. The smallest absolute Gasteiger partial charge is 0.239 e. The molecule has 1 aromatic rings. The Hall–Kier alpha value is -1.56. The maximum Gasteiger partial charge on any atom is 0.239 e. The number of thiophene rings is 1. The molecule has 1 fully saturated rings.